The van der Waals surface area contributed by atoms with Gasteiger partial charge in [0, 0.05) is 5.88 Å². The highest BCUT2D eigenvalue weighted by Crippen LogP contribution is 2.34. The van der Waals surface area contributed by atoms with Gasteiger partial charge in [-0.2, -0.15) is 0 Å². The lowest BCUT2D eigenvalue weighted by Crippen LogP contribution is -2.11. The van der Waals surface area contributed by atoms with E-state index in [0.717, 1.165) is 16.9 Å². The van der Waals surface area contributed by atoms with Gasteiger partial charge in [0.25, 0.3) is 0 Å². The van der Waals surface area contributed by atoms with E-state index in [0.29, 0.717) is 16.7 Å². The first-order valence-electron chi connectivity index (χ1n) is 6.94. The average Bonchev–Trinajstić information content (AvgIpc) is 2.41. The molecule has 0 heterocycles. The van der Waals surface area contributed by atoms with Crippen molar-refractivity contribution in [3.63, 3.8) is 0 Å². The Morgan fingerprint density at radius 3 is 2.19 bits per heavy atom. The van der Waals surface area contributed by atoms with Crippen LogP contribution in [-0.4, -0.2) is 0 Å². The fraction of sp³-hybridized carbons (Fsp3) is 0.333. The highest BCUT2D eigenvalue weighted by molar-refractivity contribution is 6.32. The Hall–Kier alpha value is -1.18. The van der Waals surface area contributed by atoms with Gasteiger partial charge in [-0.3, -0.25) is 0 Å². The molecule has 0 aliphatic carbocycles. The number of hydrogen-bond acceptors (Lipinski definition) is 1. The molecule has 0 spiro atoms. The van der Waals surface area contributed by atoms with Crippen LogP contribution in [0.5, 0.6) is 11.5 Å². The number of aryl methyl sites for hydroxylation is 1. The largest absolute Gasteiger partial charge is 0.456 e. The molecule has 0 unspecified atom stereocenters. The minimum Gasteiger partial charge on any atom is -0.456 e. The Labute approximate surface area is 136 Å². The molecule has 0 aliphatic heterocycles. The van der Waals surface area contributed by atoms with Gasteiger partial charge in [0.05, 0.1) is 5.02 Å². The summed E-state index contributed by atoms with van der Waals surface area (Å²) in [6, 6.07) is 11.9. The molecule has 0 amide bonds. The summed E-state index contributed by atoms with van der Waals surface area (Å²) in [6.07, 6.45) is 0. The summed E-state index contributed by atoms with van der Waals surface area (Å²) >= 11 is 12.0. The second-order valence-corrected chi connectivity index (χ2v) is 6.91. The van der Waals surface area contributed by atoms with E-state index in [2.05, 4.69) is 32.9 Å². The maximum absolute atomic E-state index is 6.23. The van der Waals surface area contributed by atoms with Crippen LogP contribution in [0.4, 0.5) is 0 Å². The highest BCUT2D eigenvalue weighted by atomic mass is 35.5. The SMILES string of the molecule is Cc1cc(C(C)(C)C)ccc1Oc1ccc(CCl)cc1Cl. The van der Waals surface area contributed by atoms with Crippen LogP contribution in [0.25, 0.3) is 0 Å². The van der Waals surface area contributed by atoms with E-state index < -0.39 is 0 Å². The monoisotopic (exact) mass is 322 g/mol. The molecule has 0 bridgehead atoms. The smallest absolute Gasteiger partial charge is 0.146 e. The Morgan fingerprint density at radius 2 is 1.67 bits per heavy atom. The van der Waals surface area contributed by atoms with Crippen molar-refractivity contribution < 1.29 is 4.74 Å². The van der Waals surface area contributed by atoms with Crippen molar-refractivity contribution in [2.24, 2.45) is 0 Å². The number of benzene rings is 2. The quantitative estimate of drug-likeness (QED) is 0.588. The second kappa shape index (κ2) is 6.29. The highest BCUT2D eigenvalue weighted by Gasteiger charge is 2.15. The summed E-state index contributed by atoms with van der Waals surface area (Å²) < 4.78 is 5.93. The van der Waals surface area contributed by atoms with Crippen molar-refractivity contribution in [1.82, 2.24) is 0 Å². The maximum atomic E-state index is 6.23. The van der Waals surface area contributed by atoms with E-state index in [1.807, 2.05) is 31.2 Å². The third kappa shape index (κ3) is 3.93. The van der Waals surface area contributed by atoms with E-state index in [-0.39, 0.29) is 5.41 Å². The molecule has 0 fully saturated rings. The zero-order valence-corrected chi connectivity index (χ0v) is 14.3. The van der Waals surface area contributed by atoms with Crippen molar-refractivity contribution in [2.45, 2.75) is 39.0 Å². The minimum absolute atomic E-state index is 0.128. The summed E-state index contributed by atoms with van der Waals surface area (Å²) in [7, 11) is 0. The van der Waals surface area contributed by atoms with Gasteiger partial charge in [0.1, 0.15) is 11.5 Å². The third-order valence-corrected chi connectivity index (χ3v) is 4.02. The molecule has 2 aromatic carbocycles. The average molecular weight is 323 g/mol. The van der Waals surface area contributed by atoms with Crippen molar-refractivity contribution in [1.29, 1.82) is 0 Å². The number of alkyl halides is 1. The lowest BCUT2D eigenvalue weighted by atomic mass is 9.86. The van der Waals surface area contributed by atoms with Gasteiger partial charge in [0.2, 0.25) is 0 Å². The van der Waals surface area contributed by atoms with Gasteiger partial charge in [-0.25, -0.2) is 0 Å². The molecule has 21 heavy (non-hydrogen) atoms. The number of ether oxygens (including phenoxy) is 1. The fourth-order valence-corrected chi connectivity index (χ4v) is 2.47. The lowest BCUT2D eigenvalue weighted by molar-refractivity contribution is 0.477. The molecule has 2 rings (SSSR count). The molecule has 0 aromatic heterocycles. The van der Waals surface area contributed by atoms with Crippen molar-refractivity contribution in [3.05, 3.63) is 58.1 Å². The van der Waals surface area contributed by atoms with Crippen LogP contribution in [0, 0.1) is 6.92 Å². The molecule has 0 atom stereocenters. The Morgan fingerprint density at radius 1 is 1.00 bits per heavy atom. The van der Waals surface area contributed by atoms with E-state index >= 15 is 0 Å². The van der Waals surface area contributed by atoms with Gasteiger partial charge in [-0.05, 0) is 47.2 Å². The Bertz CT molecular complexity index is 642. The molecule has 112 valence electrons. The zero-order valence-electron chi connectivity index (χ0n) is 12.8. The number of rotatable bonds is 3. The van der Waals surface area contributed by atoms with Gasteiger partial charge < -0.3 is 4.74 Å². The van der Waals surface area contributed by atoms with Gasteiger partial charge in [0.15, 0.2) is 0 Å². The third-order valence-electron chi connectivity index (χ3n) is 3.41. The topological polar surface area (TPSA) is 9.23 Å². The summed E-state index contributed by atoms with van der Waals surface area (Å²) in [5, 5.41) is 0.576. The van der Waals surface area contributed by atoms with E-state index in [1.165, 1.54) is 5.56 Å². The predicted molar refractivity (Wildman–Crippen MR) is 91.0 cm³/mol. The number of hydrogen-bond donors (Lipinski definition) is 0. The van der Waals surface area contributed by atoms with Crippen LogP contribution in [-0.2, 0) is 11.3 Å². The number of halogens is 2. The maximum Gasteiger partial charge on any atom is 0.146 e. The van der Waals surface area contributed by atoms with Crippen LogP contribution in [0.1, 0.15) is 37.5 Å². The summed E-state index contributed by atoms with van der Waals surface area (Å²) in [6.45, 7) is 8.64. The molecule has 1 nitrogen and oxygen atoms in total. The van der Waals surface area contributed by atoms with E-state index in [9.17, 15) is 0 Å². The van der Waals surface area contributed by atoms with Gasteiger partial charge >= 0.3 is 0 Å². The standard InChI is InChI=1S/C18H20Cl2O/c1-12-9-14(18(2,3)4)6-8-16(12)21-17-7-5-13(11-19)10-15(17)20/h5-10H,11H2,1-4H3. The van der Waals surface area contributed by atoms with Crippen molar-refractivity contribution >= 4 is 23.2 Å². The van der Waals surface area contributed by atoms with Crippen LogP contribution in [0.3, 0.4) is 0 Å². The van der Waals surface area contributed by atoms with Crippen molar-refractivity contribution in [3.8, 4) is 11.5 Å². The van der Waals surface area contributed by atoms with Crippen LogP contribution >= 0.6 is 23.2 Å². The Balaban J connectivity index is 2.28. The van der Waals surface area contributed by atoms with Crippen LogP contribution < -0.4 is 4.74 Å². The molecular weight excluding hydrogens is 303 g/mol. The molecule has 0 N–H and O–H groups in total. The fourth-order valence-electron chi connectivity index (χ4n) is 2.06. The molecule has 0 aliphatic rings. The van der Waals surface area contributed by atoms with E-state index in [1.54, 1.807) is 0 Å². The summed E-state index contributed by atoms with van der Waals surface area (Å²) in [5.74, 6) is 1.92. The summed E-state index contributed by atoms with van der Waals surface area (Å²) in [4.78, 5) is 0. The molecule has 0 saturated carbocycles. The van der Waals surface area contributed by atoms with Crippen LogP contribution in [0.2, 0.25) is 5.02 Å². The van der Waals surface area contributed by atoms with Gasteiger partial charge in [-0.1, -0.05) is 50.6 Å². The zero-order chi connectivity index (χ0) is 15.6. The predicted octanol–water partition coefficient (Wildman–Crippen LogP) is 6.48. The first-order valence-corrected chi connectivity index (χ1v) is 7.86. The molecule has 2 aromatic rings. The molecule has 3 heteroatoms. The van der Waals surface area contributed by atoms with Crippen LogP contribution in [0.15, 0.2) is 36.4 Å². The second-order valence-electron chi connectivity index (χ2n) is 6.23. The van der Waals surface area contributed by atoms with E-state index in [4.69, 9.17) is 27.9 Å². The molecular formula is C18H20Cl2O. The molecule has 0 radical (unpaired) electrons. The van der Waals surface area contributed by atoms with Gasteiger partial charge in [-0.15, -0.1) is 11.6 Å². The normalized spacial score (nSPS) is 11.5. The first kappa shape index (κ1) is 16.2. The van der Waals surface area contributed by atoms with Crippen molar-refractivity contribution in [2.75, 3.05) is 0 Å². The first-order chi connectivity index (χ1) is 9.81. The Kier molecular flexibility index (Phi) is 4.85. The summed E-state index contributed by atoms with van der Waals surface area (Å²) in [5.41, 5.74) is 3.49. The lowest BCUT2D eigenvalue weighted by Gasteiger charge is -2.20. The molecule has 0 saturated heterocycles. The minimum atomic E-state index is 0.128.